The Hall–Kier alpha value is -2.77. The van der Waals surface area contributed by atoms with Crippen molar-refractivity contribution in [1.29, 1.82) is 0 Å². The van der Waals surface area contributed by atoms with Gasteiger partial charge in [-0.05, 0) is 13.8 Å². The molecule has 0 aliphatic carbocycles. The molecule has 25 heavy (non-hydrogen) atoms. The van der Waals surface area contributed by atoms with Crippen molar-refractivity contribution in [3.05, 3.63) is 30.2 Å². The van der Waals surface area contributed by atoms with Crippen molar-refractivity contribution in [2.45, 2.75) is 32.8 Å². The van der Waals surface area contributed by atoms with E-state index in [-0.39, 0.29) is 6.10 Å². The summed E-state index contributed by atoms with van der Waals surface area (Å²) in [6.45, 7) is 5.59. The molecule has 0 N–H and O–H groups in total. The number of fused-ring (bicyclic) bond motifs is 1. The first-order valence-electron chi connectivity index (χ1n) is 8.45. The molecular weight excluding hydrogens is 318 g/mol. The summed E-state index contributed by atoms with van der Waals surface area (Å²) in [7, 11) is 1.94. The fourth-order valence-electron chi connectivity index (χ4n) is 3.13. The van der Waals surface area contributed by atoms with Gasteiger partial charge in [0.1, 0.15) is 12.4 Å². The van der Waals surface area contributed by atoms with E-state index < -0.39 is 0 Å². The lowest BCUT2D eigenvalue weighted by Gasteiger charge is -2.32. The van der Waals surface area contributed by atoms with E-state index in [2.05, 4.69) is 29.8 Å². The van der Waals surface area contributed by atoms with Gasteiger partial charge in [-0.3, -0.25) is 4.98 Å². The first-order chi connectivity index (χ1) is 12.1. The molecule has 0 saturated carbocycles. The zero-order valence-corrected chi connectivity index (χ0v) is 14.7. The van der Waals surface area contributed by atoms with E-state index in [0.29, 0.717) is 5.88 Å². The second-order valence-electron chi connectivity index (χ2n) is 6.43. The van der Waals surface area contributed by atoms with Crippen molar-refractivity contribution in [3.63, 3.8) is 0 Å². The van der Waals surface area contributed by atoms with Crippen LogP contribution in [0.5, 0.6) is 5.88 Å². The van der Waals surface area contributed by atoms with Crippen molar-refractivity contribution in [1.82, 2.24) is 29.5 Å². The molecule has 8 heteroatoms. The number of piperidine rings is 1. The van der Waals surface area contributed by atoms with Gasteiger partial charge in [0.15, 0.2) is 17.0 Å². The summed E-state index contributed by atoms with van der Waals surface area (Å²) >= 11 is 0. The summed E-state index contributed by atoms with van der Waals surface area (Å²) in [4.78, 5) is 24.2. The minimum absolute atomic E-state index is 0.145. The van der Waals surface area contributed by atoms with Crippen LogP contribution < -0.4 is 9.64 Å². The molecule has 4 heterocycles. The molecule has 3 aromatic rings. The Morgan fingerprint density at radius 3 is 2.68 bits per heavy atom. The van der Waals surface area contributed by atoms with E-state index in [4.69, 9.17) is 4.74 Å². The average molecular weight is 339 g/mol. The van der Waals surface area contributed by atoms with Crippen LogP contribution in [0.1, 0.15) is 24.2 Å². The van der Waals surface area contributed by atoms with Crippen LogP contribution >= 0.6 is 0 Å². The highest BCUT2D eigenvalue weighted by molar-refractivity contribution is 5.83. The minimum atomic E-state index is 0.145. The third kappa shape index (κ3) is 2.99. The third-order valence-electron chi connectivity index (χ3n) is 4.53. The maximum atomic E-state index is 6.09. The van der Waals surface area contributed by atoms with E-state index in [1.807, 2.05) is 25.5 Å². The highest BCUT2D eigenvalue weighted by Crippen LogP contribution is 2.26. The summed E-state index contributed by atoms with van der Waals surface area (Å²) in [5, 5.41) is 0. The number of imidazole rings is 1. The van der Waals surface area contributed by atoms with E-state index in [0.717, 1.165) is 54.3 Å². The maximum absolute atomic E-state index is 6.09. The van der Waals surface area contributed by atoms with Gasteiger partial charge in [0.2, 0.25) is 5.88 Å². The smallest absolute Gasteiger partial charge is 0.235 e. The minimum Gasteiger partial charge on any atom is -0.473 e. The van der Waals surface area contributed by atoms with Gasteiger partial charge in [0.05, 0.1) is 17.7 Å². The van der Waals surface area contributed by atoms with Crippen LogP contribution in [-0.2, 0) is 7.05 Å². The summed E-state index contributed by atoms with van der Waals surface area (Å²) in [5.41, 5.74) is 3.41. The summed E-state index contributed by atoms with van der Waals surface area (Å²) in [5.74, 6) is 1.54. The highest BCUT2D eigenvalue weighted by atomic mass is 16.5. The Balaban J connectivity index is 1.47. The SMILES string of the molecule is Cc1cnc(C)c(OC2CCN(c3ncnc4c3ncn4C)CC2)n1. The van der Waals surface area contributed by atoms with Crippen molar-refractivity contribution in [3.8, 4) is 5.88 Å². The molecule has 0 bridgehead atoms. The molecule has 1 aliphatic heterocycles. The molecule has 0 aromatic carbocycles. The summed E-state index contributed by atoms with van der Waals surface area (Å²) < 4.78 is 8.00. The lowest BCUT2D eigenvalue weighted by molar-refractivity contribution is 0.161. The summed E-state index contributed by atoms with van der Waals surface area (Å²) in [6.07, 6.45) is 7.11. The molecule has 0 amide bonds. The number of rotatable bonds is 3. The van der Waals surface area contributed by atoms with Gasteiger partial charge in [0.25, 0.3) is 0 Å². The number of anilines is 1. The maximum Gasteiger partial charge on any atom is 0.235 e. The number of hydrogen-bond donors (Lipinski definition) is 0. The molecule has 1 fully saturated rings. The first kappa shape index (κ1) is 15.7. The number of ether oxygens (including phenoxy) is 1. The average Bonchev–Trinajstić information content (AvgIpc) is 3.00. The van der Waals surface area contributed by atoms with Crippen LogP contribution in [0.2, 0.25) is 0 Å². The van der Waals surface area contributed by atoms with Gasteiger partial charge in [-0.15, -0.1) is 0 Å². The molecule has 8 nitrogen and oxygen atoms in total. The predicted molar refractivity (Wildman–Crippen MR) is 93.7 cm³/mol. The van der Waals surface area contributed by atoms with Crippen LogP contribution in [0.3, 0.4) is 0 Å². The normalized spacial score (nSPS) is 15.7. The van der Waals surface area contributed by atoms with E-state index >= 15 is 0 Å². The van der Waals surface area contributed by atoms with Gasteiger partial charge in [-0.1, -0.05) is 0 Å². The fourth-order valence-corrected chi connectivity index (χ4v) is 3.13. The van der Waals surface area contributed by atoms with Crippen molar-refractivity contribution >= 4 is 17.0 Å². The number of aromatic nitrogens is 6. The zero-order chi connectivity index (χ0) is 17.4. The summed E-state index contributed by atoms with van der Waals surface area (Å²) in [6, 6.07) is 0. The zero-order valence-electron chi connectivity index (χ0n) is 14.7. The lowest BCUT2D eigenvalue weighted by Crippen LogP contribution is -2.39. The highest BCUT2D eigenvalue weighted by Gasteiger charge is 2.24. The van der Waals surface area contributed by atoms with Crippen LogP contribution in [0.15, 0.2) is 18.9 Å². The molecular formula is C17H21N7O. The second kappa shape index (κ2) is 6.27. The quantitative estimate of drug-likeness (QED) is 0.720. The topological polar surface area (TPSA) is 81.9 Å². The van der Waals surface area contributed by atoms with Gasteiger partial charge in [0, 0.05) is 39.2 Å². The van der Waals surface area contributed by atoms with Gasteiger partial charge in [-0.25, -0.2) is 19.9 Å². The van der Waals surface area contributed by atoms with Crippen LogP contribution in [-0.4, -0.2) is 48.7 Å². The third-order valence-corrected chi connectivity index (χ3v) is 4.53. The second-order valence-corrected chi connectivity index (χ2v) is 6.43. The monoisotopic (exact) mass is 339 g/mol. The fraction of sp³-hybridized carbons (Fsp3) is 0.471. The molecule has 4 rings (SSSR count). The van der Waals surface area contributed by atoms with Crippen LogP contribution in [0.25, 0.3) is 11.2 Å². The number of aryl methyl sites for hydroxylation is 3. The molecule has 0 spiro atoms. The molecule has 0 atom stereocenters. The molecule has 3 aromatic heterocycles. The Bertz CT molecular complexity index is 899. The molecule has 1 aliphatic rings. The molecule has 130 valence electrons. The lowest BCUT2D eigenvalue weighted by atomic mass is 10.1. The van der Waals surface area contributed by atoms with Gasteiger partial charge < -0.3 is 14.2 Å². The Morgan fingerprint density at radius 2 is 1.88 bits per heavy atom. The van der Waals surface area contributed by atoms with Gasteiger partial charge >= 0.3 is 0 Å². The Labute approximate surface area is 145 Å². The van der Waals surface area contributed by atoms with E-state index in [1.165, 1.54) is 0 Å². The van der Waals surface area contributed by atoms with Crippen LogP contribution in [0, 0.1) is 13.8 Å². The van der Waals surface area contributed by atoms with Crippen LogP contribution in [0.4, 0.5) is 5.82 Å². The van der Waals surface area contributed by atoms with Crippen molar-refractivity contribution in [2.75, 3.05) is 18.0 Å². The van der Waals surface area contributed by atoms with Crippen molar-refractivity contribution in [2.24, 2.45) is 7.05 Å². The molecule has 0 unspecified atom stereocenters. The number of nitrogens with zero attached hydrogens (tertiary/aromatic N) is 7. The predicted octanol–water partition coefficient (Wildman–Crippen LogP) is 1.82. The molecule has 0 radical (unpaired) electrons. The largest absolute Gasteiger partial charge is 0.473 e. The first-order valence-corrected chi connectivity index (χ1v) is 8.45. The molecule has 1 saturated heterocycles. The van der Waals surface area contributed by atoms with E-state index in [1.54, 1.807) is 18.9 Å². The number of hydrogen-bond acceptors (Lipinski definition) is 7. The van der Waals surface area contributed by atoms with Gasteiger partial charge in [-0.2, -0.15) is 0 Å². The van der Waals surface area contributed by atoms with E-state index in [9.17, 15) is 0 Å². The van der Waals surface area contributed by atoms with Crippen molar-refractivity contribution < 1.29 is 4.74 Å². The standard InChI is InChI=1S/C17H21N7O/c1-11-8-18-12(2)17(22-11)25-13-4-6-24(7-5-13)16-14-15(19-9-20-16)23(3)10-21-14/h8-10,13H,4-7H2,1-3H3. The Kier molecular flexibility index (Phi) is 3.95. The Morgan fingerprint density at radius 1 is 1.08 bits per heavy atom.